The molecular weight excluding hydrogens is 493 g/mol. The molecule has 1 aromatic rings. The smallest absolute Gasteiger partial charge is 0.193 e. The van der Waals surface area contributed by atoms with Gasteiger partial charge in [0.2, 0.25) is 0 Å². The first-order valence-electron chi connectivity index (χ1n) is 11.2. The van der Waals surface area contributed by atoms with Gasteiger partial charge in [0.1, 0.15) is 5.75 Å². The summed E-state index contributed by atoms with van der Waals surface area (Å²) >= 11 is 0. The van der Waals surface area contributed by atoms with Crippen LogP contribution in [0.5, 0.6) is 5.75 Å². The molecule has 3 aliphatic rings. The summed E-state index contributed by atoms with van der Waals surface area (Å²) in [6.45, 7) is 5.14. The maximum Gasteiger partial charge on any atom is 0.193 e. The number of rotatable bonds is 8. The van der Waals surface area contributed by atoms with Crippen molar-refractivity contribution in [1.82, 2.24) is 10.2 Å². The summed E-state index contributed by atoms with van der Waals surface area (Å²) in [6.07, 6.45) is 7.64. The molecule has 1 N–H and O–H groups in total. The van der Waals surface area contributed by atoms with Crippen LogP contribution in [0.3, 0.4) is 0 Å². The average molecular weight is 529 g/mol. The number of halogens is 1. The summed E-state index contributed by atoms with van der Waals surface area (Å²) in [4.78, 5) is 6.84. The minimum Gasteiger partial charge on any atom is -0.493 e. The molecule has 2 saturated heterocycles. The van der Waals surface area contributed by atoms with Crippen LogP contribution in [0.2, 0.25) is 0 Å². The third-order valence-electron chi connectivity index (χ3n) is 6.08. The van der Waals surface area contributed by atoms with Gasteiger partial charge >= 0.3 is 0 Å². The summed E-state index contributed by atoms with van der Waals surface area (Å²) in [5.74, 6) is 2.70. The van der Waals surface area contributed by atoms with Gasteiger partial charge in [-0.3, -0.25) is 4.99 Å². The fourth-order valence-electron chi connectivity index (χ4n) is 4.04. The van der Waals surface area contributed by atoms with Crippen molar-refractivity contribution in [3.8, 4) is 5.75 Å². The molecule has 7 heteroatoms. The first-order valence-corrected chi connectivity index (χ1v) is 11.2. The van der Waals surface area contributed by atoms with Crippen molar-refractivity contribution in [2.75, 3.05) is 40.0 Å². The second-order valence-corrected chi connectivity index (χ2v) is 8.42. The van der Waals surface area contributed by atoms with Crippen LogP contribution >= 0.6 is 24.0 Å². The number of likely N-dealkylation sites (tertiary alicyclic amines) is 1. The zero-order chi connectivity index (χ0) is 19.9. The number of nitrogens with zero attached hydrogens (tertiary/aromatic N) is 2. The van der Waals surface area contributed by atoms with Crippen LogP contribution in [0.1, 0.15) is 44.1 Å². The van der Waals surface area contributed by atoms with Crippen LogP contribution in [0.4, 0.5) is 0 Å². The minimum absolute atomic E-state index is 0. The number of para-hydroxylation sites is 1. The highest BCUT2D eigenvalue weighted by Gasteiger charge is 2.25. The van der Waals surface area contributed by atoms with Crippen molar-refractivity contribution >= 4 is 29.9 Å². The maximum absolute atomic E-state index is 6.10. The van der Waals surface area contributed by atoms with Gasteiger partial charge in [-0.2, -0.15) is 0 Å². The van der Waals surface area contributed by atoms with Crippen molar-refractivity contribution in [1.29, 1.82) is 0 Å². The van der Waals surface area contributed by atoms with Crippen LogP contribution in [0.25, 0.3) is 0 Å². The lowest BCUT2D eigenvalue weighted by molar-refractivity contribution is -0.0367. The molecule has 0 aromatic heterocycles. The van der Waals surface area contributed by atoms with E-state index in [1.165, 1.54) is 24.8 Å². The Labute approximate surface area is 197 Å². The molecule has 30 heavy (non-hydrogen) atoms. The fraction of sp³-hybridized carbons (Fsp3) is 0.696. The van der Waals surface area contributed by atoms with Crippen LogP contribution < -0.4 is 10.1 Å². The molecule has 0 amide bonds. The summed E-state index contributed by atoms with van der Waals surface area (Å²) in [6, 6.07) is 8.31. The first-order chi connectivity index (χ1) is 14.3. The number of ether oxygens (including phenoxy) is 3. The summed E-state index contributed by atoms with van der Waals surface area (Å²) in [7, 11) is 1.86. The predicted molar refractivity (Wildman–Crippen MR) is 130 cm³/mol. The van der Waals surface area contributed by atoms with E-state index in [0.717, 1.165) is 76.3 Å². The summed E-state index contributed by atoms with van der Waals surface area (Å²) in [5, 5.41) is 3.53. The second kappa shape index (κ2) is 12.1. The lowest BCUT2D eigenvalue weighted by atomic mass is 10.1. The number of hydrogen-bond donors (Lipinski definition) is 1. The van der Waals surface area contributed by atoms with Gasteiger partial charge in [0.05, 0.1) is 25.4 Å². The van der Waals surface area contributed by atoms with E-state index in [1.807, 2.05) is 13.1 Å². The molecule has 0 radical (unpaired) electrons. The van der Waals surface area contributed by atoms with E-state index in [9.17, 15) is 0 Å². The minimum atomic E-state index is 0. The van der Waals surface area contributed by atoms with Gasteiger partial charge in [0, 0.05) is 38.9 Å². The Morgan fingerprint density at radius 2 is 1.93 bits per heavy atom. The van der Waals surface area contributed by atoms with Gasteiger partial charge in [-0.1, -0.05) is 18.2 Å². The number of hydrogen-bond acceptors (Lipinski definition) is 4. The van der Waals surface area contributed by atoms with E-state index in [0.29, 0.717) is 12.2 Å². The van der Waals surface area contributed by atoms with E-state index in [4.69, 9.17) is 14.2 Å². The average Bonchev–Trinajstić information content (AvgIpc) is 3.45. The van der Waals surface area contributed by atoms with E-state index < -0.39 is 0 Å². The zero-order valence-electron chi connectivity index (χ0n) is 18.1. The van der Waals surface area contributed by atoms with Crippen LogP contribution in [-0.2, 0) is 16.0 Å². The molecule has 1 atom stereocenters. The molecule has 3 fully saturated rings. The van der Waals surface area contributed by atoms with E-state index in [-0.39, 0.29) is 24.0 Å². The highest BCUT2D eigenvalue weighted by Crippen LogP contribution is 2.30. The van der Waals surface area contributed by atoms with Crippen molar-refractivity contribution in [2.45, 2.75) is 57.3 Å². The molecule has 1 aliphatic carbocycles. The summed E-state index contributed by atoms with van der Waals surface area (Å²) in [5.41, 5.74) is 1.18. The highest BCUT2D eigenvalue weighted by molar-refractivity contribution is 14.0. The van der Waals surface area contributed by atoms with E-state index in [2.05, 4.69) is 33.4 Å². The number of piperidine rings is 1. The zero-order valence-corrected chi connectivity index (χ0v) is 20.4. The Morgan fingerprint density at radius 1 is 1.13 bits per heavy atom. The molecule has 2 heterocycles. The molecule has 168 valence electrons. The molecule has 1 saturated carbocycles. The Hall–Kier alpha value is -1.06. The van der Waals surface area contributed by atoms with Gasteiger partial charge in [-0.15, -0.1) is 24.0 Å². The number of guanidine groups is 1. The molecule has 2 aliphatic heterocycles. The second-order valence-electron chi connectivity index (χ2n) is 8.42. The number of benzene rings is 1. The molecule has 0 spiro atoms. The molecule has 6 nitrogen and oxygen atoms in total. The van der Waals surface area contributed by atoms with Crippen molar-refractivity contribution in [3.63, 3.8) is 0 Å². The first kappa shape index (κ1) is 23.6. The third-order valence-corrected chi connectivity index (χ3v) is 6.08. The van der Waals surface area contributed by atoms with Gasteiger partial charge < -0.3 is 24.4 Å². The largest absolute Gasteiger partial charge is 0.493 e. The predicted octanol–water partition coefficient (Wildman–Crippen LogP) is 3.83. The van der Waals surface area contributed by atoms with Gasteiger partial charge in [0.15, 0.2) is 5.96 Å². The normalized spacial score (nSPS) is 22.6. The van der Waals surface area contributed by atoms with Crippen LogP contribution in [0, 0.1) is 5.92 Å². The standard InChI is InChI=1S/C23H35N3O3.HI/c1-24-23(25-15-19-5-2-3-7-22(19)29-16-18-8-9-18)26-12-10-20(11-13-26)28-17-21-6-4-14-27-21;/h2-3,5,7,18,20-21H,4,6,8-17H2,1H3,(H,24,25);1H. The Bertz CT molecular complexity index is 669. The molecular formula is C23H36IN3O3. The lowest BCUT2D eigenvalue weighted by Crippen LogP contribution is -2.47. The lowest BCUT2D eigenvalue weighted by Gasteiger charge is -2.34. The van der Waals surface area contributed by atoms with Crippen molar-refractivity contribution < 1.29 is 14.2 Å². The van der Waals surface area contributed by atoms with Gasteiger partial charge in [0.25, 0.3) is 0 Å². The van der Waals surface area contributed by atoms with Gasteiger partial charge in [-0.05, 0) is 50.5 Å². The third kappa shape index (κ3) is 6.99. The van der Waals surface area contributed by atoms with Crippen molar-refractivity contribution in [3.05, 3.63) is 29.8 Å². The quantitative estimate of drug-likeness (QED) is 0.315. The SMILES string of the molecule is CN=C(NCc1ccccc1OCC1CC1)N1CCC(OCC2CCCO2)CC1.I. The molecule has 1 unspecified atom stereocenters. The van der Waals surface area contributed by atoms with Gasteiger partial charge in [-0.25, -0.2) is 0 Å². The van der Waals surface area contributed by atoms with E-state index >= 15 is 0 Å². The highest BCUT2D eigenvalue weighted by atomic mass is 127. The monoisotopic (exact) mass is 529 g/mol. The maximum atomic E-state index is 6.10. The van der Waals surface area contributed by atoms with Crippen LogP contribution in [-0.4, -0.2) is 63.0 Å². The molecule has 0 bridgehead atoms. The number of nitrogens with one attached hydrogen (secondary N) is 1. The molecule has 1 aromatic carbocycles. The van der Waals surface area contributed by atoms with E-state index in [1.54, 1.807) is 0 Å². The summed E-state index contributed by atoms with van der Waals surface area (Å²) < 4.78 is 17.8. The Kier molecular flexibility index (Phi) is 9.52. The Balaban J connectivity index is 0.00000256. The fourth-order valence-corrected chi connectivity index (χ4v) is 4.04. The number of aliphatic imine (C=N–C) groups is 1. The van der Waals surface area contributed by atoms with Crippen LogP contribution in [0.15, 0.2) is 29.3 Å². The molecule has 4 rings (SSSR count). The topological polar surface area (TPSA) is 55.3 Å². The van der Waals surface area contributed by atoms with Crippen molar-refractivity contribution in [2.24, 2.45) is 10.9 Å². The Morgan fingerprint density at radius 3 is 2.63 bits per heavy atom.